The van der Waals surface area contributed by atoms with Crippen molar-refractivity contribution in [2.45, 2.75) is 33.1 Å². The number of thiazole rings is 1. The quantitative estimate of drug-likeness (QED) is 0.845. The SMILES string of the molecule is CCCCC(=O)Nc1nc(-c2cccc(C)c2)c(C(=O)O)s1. The minimum absolute atomic E-state index is 0.136. The minimum Gasteiger partial charge on any atom is -0.477 e. The van der Waals surface area contributed by atoms with Gasteiger partial charge in [-0.1, -0.05) is 48.4 Å². The molecule has 0 aliphatic carbocycles. The van der Waals surface area contributed by atoms with Crippen LogP contribution in [0, 0.1) is 6.92 Å². The van der Waals surface area contributed by atoms with Crippen LogP contribution in [0.4, 0.5) is 5.13 Å². The molecular weight excluding hydrogens is 300 g/mol. The number of aryl methyl sites for hydroxylation is 1. The van der Waals surface area contributed by atoms with Crippen molar-refractivity contribution in [2.24, 2.45) is 0 Å². The zero-order valence-corrected chi connectivity index (χ0v) is 13.4. The number of anilines is 1. The van der Waals surface area contributed by atoms with Crippen molar-refractivity contribution in [3.63, 3.8) is 0 Å². The molecule has 0 spiro atoms. The Hall–Kier alpha value is -2.21. The summed E-state index contributed by atoms with van der Waals surface area (Å²) in [6, 6.07) is 7.49. The van der Waals surface area contributed by atoms with Gasteiger partial charge in [0.2, 0.25) is 5.91 Å². The molecule has 0 bridgehead atoms. The average Bonchev–Trinajstić information content (AvgIpc) is 2.89. The highest BCUT2D eigenvalue weighted by molar-refractivity contribution is 7.18. The fourth-order valence-electron chi connectivity index (χ4n) is 2.03. The molecule has 0 aliphatic rings. The van der Waals surface area contributed by atoms with Gasteiger partial charge in [0.1, 0.15) is 4.88 Å². The number of aromatic carboxylic acids is 1. The molecule has 5 nitrogen and oxygen atoms in total. The van der Waals surface area contributed by atoms with E-state index >= 15 is 0 Å². The van der Waals surface area contributed by atoms with Crippen molar-refractivity contribution in [3.8, 4) is 11.3 Å². The fraction of sp³-hybridized carbons (Fsp3) is 0.312. The van der Waals surface area contributed by atoms with E-state index in [2.05, 4.69) is 10.3 Å². The number of amides is 1. The van der Waals surface area contributed by atoms with Crippen LogP contribution in [0.3, 0.4) is 0 Å². The fourth-order valence-corrected chi connectivity index (χ4v) is 2.87. The van der Waals surface area contributed by atoms with E-state index in [0.717, 1.165) is 35.3 Å². The number of carboxylic acid groups (broad SMARTS) is 1. The van der Waals surface area contributed by atoms with Gasteiger partial charge in [-0.25, -0.2) is 9.78 Å². The van der Waals surface area contributed by atoms with Gasteiger partial charge in [-0.15, -0.1) is 0 Å². The number of carboxylic acids is 1. The van der Waals surface area contributed by atoms with E-state index in [0.29, 0.717) is 17.2 Å². The molecule has 6 heteroatoms. The number of aromatic nitrogens is 1. The molecule has 1 amide bonds. The second kappa shape index (κ2) is 7.17. The van der Waals surface area contributed by atoms with E-state index in [-0.39, 0.29) is 10.8 Å². The van der Waals surface area contributed by atoms with Crippen molar-refractivity contribution in [3.05, 3.63) is 34.7 Å². The van der Waals surface area contributed by atoms with Crippen LogP contribution in [0.5, 0.6) is 0 Å². The number of carbonyl (C=O) groups is 2. The molecule has 1 heterocycles. The number of unbranched alkanes of at least 4 members (excludes halogenated alkanes) is 1. The number of hydrogen-bond donors (Lipinski definition) is 2. The van der Waals surface area contributed by atoms with Gasteiger partial charge >= 0.3 is 5.97 Å². The first-order chi connectivity index (χ1) is 10.5. The van der Waals surface area contributed by atoms with E-state index in [1.165, 1.54) is 0 Å². The van der Waals surface area contributed by atoms with Crippen molar-refractivity contribution < 1.29 is 14.7 Å². The molecule has 1 aromatic carbocycles. The first kappa shape index (κ1) is 16.2. The first-order valence-corrected chi connectivity index (χ1v) is 7.94. The third-order valence-electron chi connectivity index (χ3n) is 3.12. The maximum Gasteiger partial charge on any atom is 0.348 e. The summed E-state index contributed by atoms with van der Waals surface area (Å²) < 4.78 is 0. The number of rotatable bonds is 6. The van der Waals surface area contributed by atoms with Crippen LogP contribution in [-0.2, 0) is 4.79 Å². The molecule has 0 atom stereocenters. The van der Waals surface area contributed by atoms with Gasteiger partial charge < -0.3 is 10.4 Å². The van der Waals surface area contributed by atoms with E-state index in [9.17, 15) is 14.7 Å². The summed E-state index contributed by atoms with van der Waals surface area (Å²) in [4.78, 5) is 27.6. The maximum absolute atomic E-state index is 11.8. The van der Waals surface area contributed by atoms with Crippen LogP contribution in [-0.4, -0.2) is 22.0 Å². The van der Waals surface area contributed by atoms with Crippen molar-refractivity contribution >= 4 is 28.3 Å². The lowest BCUT2D eigenvalue weighted by atomic mass is 10.1. The molecule has 0 radical (unpaired) electrons. The van der Waals surface area contributed by atoms with Crippen LogP contribution in [0.15, 0.2) is 24.3 Å². The molecular formula is C16H18N2O3S. The van der Waals surface area contributed by atoms with Gasteiger partial charge in [-0.2, -0.15) is 0 Å². The van der Waals surface area contributed by atoms with Crippen molar-refractivity contribution in [1.82, 2.24) is 4.98 Å². The van der Waals surface area contributed by atoms with E-state index < -0.39 is 5.97 Å². The van der Waals surface area contributed by atoms with E-state index in [1.807, 2.05) is 38.1 Å². The lowest BCUT2D eigenvalue weighted by Crippen LogP contribution is -2.10. The van der Waals surface area contributed by atoms with Gasteiger partial charge in [0.25, 0.3) is 0 Å². The summed E-state index contributed by atoms with van der Waals surface area (Å²) in [5, 5.41) is 12.4. The Kier molecular flexibility index (Phi) is 5.27. The van der Waals surface area contributed by atoms with Gasteiger partial charge in [-0.05, 0) is 19.4 Å². The Bertz CT molecular complexity index is 694. The normalized spacial score (nSPS) is 10.5. The average molecular weight is 318 g/mol. The lowest BCUT2D eigenvalue weighted by Gasteiger charge is -2.01. The Balaban J connectivity index is 2.30. The minimum atomic E-state index is -1.04. The number of nitrogens with zero attached hydrogens (tertiary/aromatic N) is 1. The number of nitrogens with one attached hydrogen (secondary N) is 1. The molecule has 2 N–H and O–H groups in total. The van der Waals surface area contributed by atoms with Crippen molar-refractivity contribution in [2.75, 3.05) is 5.32 Å². The summed E-state index contributed by atoms with van der Waals surface area (Å²) in [5.41, 5.74) is 2.16. The molecule has 116 valence electrons. The summed E-state index contributed by atoms with van der Waals surface area (Å²) in [6.45, 7) is 3.94. The van der Waals surface area contributed by atoms with Crippen molar-refractivity contribution in [1.29, 1.82) is 0 Å². The van der Waals surface area contributed by atoms with Gasteiger partial charge in [0.05, 0.1) is 5.69 Å². The predicted octanol–water partition coefficient (Wildman–Crippen LogP) is 3.95. The van der Waals surface area contributed by atoms with Crippen LogP contribution in [0.1, 0.15) is 41.4 Å². The lowest BCUT2D eigenvalue weighted by molar-refractivity contribution is -0.116. The Morgan fingerprint density at radius 2 is 2.14 bits per heavy atom. The Morgan fingerprint density at radius 1 is 1.36 bits per heavy atom. The topological polar surface area (TPSA) is 79.3 Å². The highest BCUT2D eigenvalue weighted by Crippen LogP contribution is 2.31. The zero-order chi connectivity index (χ0) is 16.1. The molecule has 0 aliphatic heterocycles. The number of hydrogen-bond acceptors (Lipinski definition) is 4. The molecule has 22 heavy (non-hydrogen) atoms. The molecule has 2 rings (SSSR count). The summed E-state index contributed by atoms with van der Waals surface area (Å²) in [6.07, 6.45) is 2.15. The summed E-state index contributed by atoms with van der Waals surface area (Å²) in [7, 11) is 0. The molecule has 0 fully saturated rings. The highest BCUT2D eigenvalue weighted by Gasteiger charge is 2.19. The molecule has 1 aromatic heterocycles. The molecule has 2 aromatic rings. The zero-order valence-electron chi connectivity index (χ0n) is 12.5. The predicted molar refractivity (Wildman–Crippen MR) is 87.4 cm³/mol. The smallest absolute Gasteiger partial charge is 0.348 e. The largest absolute Gasteiger partial charge is 0.477 e. The van der Waals surface area contributed by atoms with Gasteiger partial charge in [-0.3, -0.25) is 4.79 Å². The van der Waals surface area contributed by atoms with Crippen LogP contribution >= 0.6 is 11.3 Å². The highest BCUT2D eigenvalue weighted by atomic mass is 32.1. The summed E-state index contributed by atoms with van der Waals surface area (Å²) in [5.74, 6) is -1.17. The van der Waals surface area contributed by atoms with Gasteiger partial charge in [0.15, 0.2) is 5.13 Å². The monoisotopic (exact) mass is 318 g/mol. The molecule has 0 saturated heterocycles. The second-order valence-corrected chi connectivity index (χ2v) is 6.02. The molecule has 0 unspecified atom stereocenters. The van der Waals surface area contributed by atoms with E-state index in [1.54, 1.807) is 0 Å². The van der Waals surface area contributed by atoms with Gasteiger partial charge in [0, 0.05) is 12.0 Å². The standard InChI is InChI=1S/C16H18N2O3S/c1-3-4-8-12(19)17-16-18-13(14(22-16)15(20)21)11-7-5-6-10(2)9-11/h5-7,9H,3-4,8H2,1-2H3,(H,20,21)(H,17,18,19). The first-order valence-electron chi connectivity index (χ1n) is 7.12. The number of benzene rings is 1. The maximum atomic E-state index is 11.8. The number of carbonyl (C=O) groups excluding carboxylic acids is 1. The third-order valence-corrected chi connectivity index (χ3v) is 4.08. The van der Waals surface area contributed by atoms with E-state index in [4.69, 9.17) is 0 Å². The second-order valence-electron chi connectivity index (χ2n) is 5.02. The van der Waals surface area contributed by atoms with Crippen LogP contribution in [0.2, 0.25) is 0 Å². The van der Waals surface area contributed by atoms with Crippen LogP contribution in [0.25, 0.3) is 11.3 Å². The molecule has 0 saturated carbocycles. The Morgan fingerprint density at radius 3 is 2.77 bits per heavy atom. The Labute approximate surface area is 133 Å². The van der Waals surface area contributed by atoms with Crippen LogP contribution < -0.4 is 5.32 Å². The third kappa shape index (κ3) is 3.92. The summed E-state index contributed by atoms with van der Waals surface area (Å²) >= 11 is 0.987.